The number of carbonyl (C=O) groups excluding carboxylic acids is 2. The number of hydrogen-bond donors (Lipinski definition) is 2. The van der Waals surface area contributed by atoms with E-state index >= 15 is 0 Å². The lowest BCUT2D eigenvalue weighted by Gasteiger charge is -2.09. The topological polar surface area (TPSA) is 75.5 Å². The van der Waals surface area contributed by atoms with Crippen LogP contribution in [0.5, 0.6) is 0 Å². The fourth-order valence-electron chi connectivity index (χ4n) is 3.28. The molecule has 2 amide bonds. The van der Waals surface area contributed by atoms with Crippen LogP contribution in [-0.2, 0) is 17.8 Å². The molecule has 7 heteroatoms. The molecule has 4 aromatic rings. The number of benzene rings is 2. The first kappa shape index (κ1) is 20.3. The van der Waals surface area contributed by atoms with Crippen LogP contribution in [0.25, 0.3) is 5.65 Å². The van der Waals surface area contributed by atoms with Crippen LogP contribution in [0.15, 0.2) is 73.1 Å². The lowest BCUT2D eigenvalue weighted by Crippen LogP contribution is -2.24. The Morgan fingerprint density at radius 1 is 1.06 bits per heavy atom. The quantitative estimate of drug-likeness (QED) is 0.501. The standard InChI is InChI=1S/C24H21FN4O2/c1-16-4-3-11-29-15-21(27-23(16)29)13-22(30)26-14-17-5-2-6-20(12-17)28-24(31)18-7-9-19(25)10-8-18/h2-12,15H,13-14H2,1H3,(H,26,30)(H,28,31). The fourth-order valence-corrected chi connectivity index (χ4v) is 3.28. The third kappa shape index (κ3) is 4.95. The number of halogens is 1. The molecule has 2 aromatic heterocycles. The van der Waals surface area contributed by atoms with Crippen LogP contribution in [0.4, 0.5) is 10.1 Å². The number of carbonyl (C=O) groups is 2. The Balaban J connectivity index is 1.35. The van der Waals surface area contributed by atoms with E-state index in [0.29, 0.717) is 23.5 Å². The molecule has 0 radical (unpaired) electrons. The zero-order valence-corrected chi connectivity index (χ0v) is 16.9. The first-order chi connectivity index (χ1) is 15.0. The Labute approximate surface area is 178 Å². The number of nitrogens with zero attached hydrogens (tertiary/aromatic N) is 2. The molecule has 156 valence electrons. The van der Waals surface area contributed by atoms with Gasteiger partial charge in [0.25, 0.3) is 5.91 Å². The number of imidazole rings is 1. The number of anilines is 1. The molecule has 0 aliphatic heterocycles. The van der Waals surface area contributed by atoms with E-state index in [9.17, 15) is 14.0 Å². The van der Waals surface area contributed by atoms with Gasteiger partial charge in [-0.25, -0.2) is 9.37 Å². The summed E-state index contributed by atoms with van der Waals surface area (Å²) in [6.45, 7) is 2.31. The second kappa shape index (κ2) is 8.79. The van der Waals surface area contributed by atoms with Gasteiger partial charge in [-0.3, -0.25) is 9.59 Å². The highest BCUT2D eigenvalue weighted by molar-refractivity contribution is 6.04. The SMILES string of the molecule is Cc1cccn2cc(CC(=O)NCc3cccc(NC(=O)c4ccc(F)cc4)c3)nc12. The van der Waals surface area contributed by atoms with Crippen LogP contribution in [0.2, 0.25) is 0 Å². The summed E-state index contributed by atoms with van der Waals surface area (Å²) < 4.78 is 14.9. The van der Waals surface area contributed by atoms with Crippen LogP contribution in [0.1, 0.15) is 27.2 Å². The number of rotatable bonds is 6. The third-order valence-corrected chi connectivity index (χ3v) is 4.85. The molecule has 4 rings (SSSR count). The summed E-state index contributed by atoms with van der Waals surface area (Å²) in [5.74, 6) is -0.863. The molecule has 2 heterocycles. The average molecular weight is 416 g/mol. The second-order valence-electron chi connectivity index (χ2n) is 7.27. The summed E-state index contributed by atoms with van der Waals surface area (Å²) >= 11 is 0. The van der Waals surface area contributed by atoms with Gasteiger partial charge in [0.2, 0.25) is 5.91 Å². The highest BCUT2D eigenvalue weighted by Crippen LogP contribution is 2.14. The molecule has 0 unspecified atom stereocenters. The van der Waals surface area contributed by atoms with E-state index in [4.69, 9.17) is 0 Å². The molecule has 6 nitrogen and oxygen atoms in total. The predicted molar refractivity (Wildman–Crippen MR) is 116 cm³/mol. The molecule has 2 N–H and O–H groups in total. The van der Waals surface area contributed by atoms with Crippen LogP contribution >= 0.6 is 0 Å². The average Bonchev–Trinajstić information content (AvgIpc) is 3.17. The summed E-state index contributed by atoms with van der Waals surface area (Å²) in [4.78, 5) is 29.2. The minimum atomic E-state index is -0.395. The van der Waals surface area contributed by atoms with Crippen molar-refractivity contribution in [2.75, 3.05) is 5.32 Å². The highest BCUT2D eigenvalue weighted by Gasteiger charge is 2.10. The monoisotopic (exact) mass is 416 g/mol. The Hall–Kier alpha value is -4.00. The maximum absolute atomic E-state index is 13.0. The number of aromatic nitrogens is 2. The summed E-state index contributed by atoms with van der Waals surface area (Å²) in [6.07, 6.45) is 3.94. The van der Waals surface area contributed by atoms with Crippen LogP contribution < -0.4 is 10.6 Å². The minimum Gasteiger partial charge on any atom is -0.352 e. The lowest BCUT2D eigenvalue weighted by molar-refractivity contribution is -0.120. The molecular weight excluding hydrogens is 395 g/mol. The van der Waals surface area contributed by atoms with E-state index < -0.39 is 5.82 Å². The van der Waals surface area contributed by atoms with E-state index in [-0.39, 0.29) is 18.2 Å². The zero-order valence-electron chi connectivity index (χ0n) is 16.9. The Morgan fingerprint density at radius 2 is 1.87 bits per heavy atom. The van der Waals surface area contributed by atoms with Gasteiger partial charge in [0, 0.05) is 30.2 Å². The van der Waals surface area contributed by atoms with Gasteiger partial charge in [0.15, 0.2) is 0 Å². The molecular formula is C24H21FN4O2. The van der Waals surface area contributed by atoms with Gasteiger partial charge >= 0.3 is 0 Å². The van der Waals surface area contributed by atoms with Crippen molar-refractivity contribution in [1.82, 2.24) is 14.7 Å². The summed E-state index contributed by atoms with van der Waals surface area (Å²) in [5, 5.41) is 5.66. The largest absolute Gasteiger partial charge is 0.352 e. The van der Waals surface area contributed by atoms with Gasteiger partial charge in [-0.05, 0) is 60.5 Å². The highest BCUT2D eigenvalue weighted by atomic mass is 19.1. The molecule has 0 saturated heterocycles. The van der Waals surface area contributed by atoms with Crippen molar-refractivity contribution in [3.05, 3.63) is 101 Å². The molecule has 0 bridgehead atoms. The summed E-state index contributed by atoms with van der Waals surface area (Å²) in [6, 6.07) is 16.5. The van der Waals surface area contributed by atoms with E-state index in [2.05, 4.69) is 15.6 Å². The Morgan fingerprint density at radius 3 is 2.65 bits per heavy atom. The lowest BCUT2D eigenvalue weighted by atomic mass is 10.1. The zero-order chi connectivity index (χ0) is 21.8. The molecule has 0 fully saturated rings. The number of nitrogens with one attached hydrogen (secondary N) is 2. The summed E-state index contributed by atoms with van der Waals surface area (Å²) in [7, 11) is 0. The maximum Gasteiger partial charge on any atom is 0.255 e. The first-order valence-corrected chi connectivity index (χ1v) is 9.84. The van der Waals surface area contributed by atoms with E-state index in [1.165, 1.54) is 24.3 Å². The predicted octanol–water partition coefficient (Wildman–Crippen LogP) is 3.89. The van der Waals surface area contributed by atoms with Crippen molar-refractivity contribution >= 4 is 23.1 Å². The third-order valence-electron chi connectivity index (χ3n) is 4.85. The molecule has 0 spiro atoms. The molecule has 31 heavy (non-hydrogen) atoms. The Kier molecular flexibility index (Phi) is 5.75. The molecule has 0 atom stereocenters. The van der Waals surface area contributed by atoms with Gasteiger partial charge in [-0.15, -0.1) is 0 Å². The number of aryl methyl sites for hydroxylation is 1. The molecule has 0 aliphatic carbocycles. The van der Waals surface area contributed by atoms with Gasteiger partial charge in [-0.1, -0.05) is 18.2 Å². The van der Waals surface area contributed by atoms with Crippen molar-refractivity contribution in [3.8, 4) is 0 Å². The van der Waals surface area contributed by atoms with Gasteiger partial charge in [0.1, 0.15) is 11.5 Å². The smallest absolute Gasteiger partial charge is 0.255 e. The van der Waals surface area contributed by atoms with Crippen molar-refractivity contribution in [2.24, 2.45) is 0 Å². The number of pyridine rings is 1. The minimum absolute atomic E-state index is 0.137. The maximum atomic E-state index is 13.0. The van der Waals surface area contributed by atoms with E-state index in [0.717, 1.165) is 16.8 Å². The van der Waals surface area contributed by atoms with Crippen LogP contribution in [0.3, 0.4) is 0 Å². The van der Waals surface area contributed by atoms with Crippen molar-refractivity contribution < 1.29 is 14.0 Å². The fraction of sp³-hybridized carbons (Fsp3) is 0.125. The van der Waals surface area contributed by atoms with Crippen molar-refractivity contribution in [1.29, 1.82) is 0 Å². The number of amides is 2. The van der Waals surface area contributed by atoms with Crippen LogP contribution in [0, 0.1) is 12.7 Å². The van der Waals surface area contributed by atoms with Gasteiger partial charge in [0.05, 0.1) is 12.1 Å². The first-order valence-electron chi connectivity index (χ1n) is 9.84. The molecule has 0 saturated carbocycles. The summed E-state index contributed by atoms with van der Waals surface area (Å²) in [5.41, 5.74) is 4.39. The molecule has 0 aliphatic rings. The Bertz CT molecular complexity index is 1250. The second-order valence-corrected chi connectivity index (χ2v) is 7.27. The van der Waals surface area contributed by atoms with E-state index in [1.807, 2.05) is 41.9 Å². The normalized spacial score (nSPS) is 10.8. The van der Waals surface area contributed by atoms with Gasteiger partial charge in [-0.2, -0.15) is 0 Å². The van der Waals surface area contributed by atoms with Crippen molar-refractivity contribution in [3.63, 3.8) is 0 Å². The van der Waals surface area contributed by atoms with Crippen molar-refractivity contribution in [2.45, 2.75) is 19.9 Å². The van der Waals surface area contributed by atoms with E-state index in [1.54, 1.807) is 18.2 Å². The molecule has 2 aromatic carbocycles. The van der Waals surface area contributed by atoms with Crippen LogP contribution in [-0.4, -0.2) is 21.2 Å². The van der Waals surface area contributed by atoms with Gasteiger partial charge < -0.3 is 15.0 Å². The number of fused-ring (bicyclic) bond motifs is 1. The number of hydrogen-bond acceptors (Lipinski definition) is 3.